The lowest BCUT2D eigenvalue weighted by Crippen LogP contribution is -2.32. The Kier molecular flexibility index (Phi) is 9.30. The van der Waals surface area contributed by atoms with Gasteiger partial charge in [-0.15, -0.1) is 11.3 Å². The largest absolute Gasteiger partial charge is 0.496 e. The van der Waals surface area contributed by atoms with Gasteiger partial charge in [-0.25, -0.2) is 10.2 Å². The van der Waals surface area contributed by atoms with E-state index in [4.69, 9.17) is 14.2 Å². The van der Waals surface area contributed by atoms with Gasteiger partial charge in [-0.05, 0) is 74.1 Å². The monoisotopic (exact) mass is 580 g/mol. The molecule has 0 radical (unpaired) electrons. The first-order valence-corrected chi connectivity index (χ1v) is 13.5. The molecule has 1 aliphatic carbocycles. The summed E-state index contributed by atoms with van der Waals surface area (Å²) in [5.74, 6) is -1.53. The highest BCUT2D eigenvalue weighted by Gasteiger charge is 2.28. The number of carbonyl (C=O) groups is 3. The van der Waals surface area contributed by atoms with Gasteiger partial charge in [0.2, 0.25) is 0 Å². The van der Waals surface area contributed by atoms with Crippen molar-refractivity contribution in [2.75, 3.05) is 19.5 Å². The second-order valence-corrected chi connectivity index (χ2v) is 10.2. The molecule has 12 nitrogen and oxygen atoms in total. The van der Waals surface area contributed by atoms with Gasteiger partial charge in [0.05, 0.1) is 30.9 Å². The van der Waals surface area contributed by atoms with Crippen LogP contribution < -0.4 is 20.2 Å². The lowest BCUT2D eigenvalue weighted by atomic mass is 9.95. The number of esters is 1. The van der Waals surface area contributed by atoms with E-state index in [0.29, 0.717) is 40.2 Å². The fraction of sp³-hybridized carbons (Fsp3) is 0.286. The molecule has 1 aliphatic rings. The van der Waals surface area contributed by atoms with Gasteiger partial charge in [-0.1, -0.05) is 0 Å². The highest BCUT2D eigenvalue weighted by Crippen LogP contribution is 2.38. The number of thiophene rings is 1. The highest BCUT2D eigenvalue weighted by molar-refractivity contribution is 7.17. The maximum absolute atomic E-state index is 12.6. The maximum atomic E-state index is 12.6. The average molecular weight is 581 g/mol. The molecule has 2 N–H and O–H groups in total. The minimum atomic E-state index is -1.01. The second kappa shape index (κ2) is 13.0. The minimum absolute atomic E-state index is 0.00211. The lowest BCUT2D eigenvalue weighted by Gasteiger charge is -2.12. The molecular weight excluding hydrogens is 552 g/mol. The molecule has 214 valence electrons. The molecule has 0 aliphatic heterocycles. The van der Waals surface area contributed by atoms with Crippen molar-refractivity contribution in [1.29, 1.82) is 0 Å². The molecule has 3 aromatic rings. The number of hydrazone groups is 1. The Morgan fingerprint density at radius 3 is 2.59 bits per heavy atom. The van der Waals surface area contributed by atoms with E-state index in [2.05, 4.69) is 15.8 Å². The predicted octanol–water partition coefficient (Wildman–Crippen LogP) is 4.31. The standard InChI is InChI=1S/C28H28N4O8S/c1-16-12-19(9-10-21(16)32(36)37)40-15-18-13-17(8-11-22(18)38-2)14-29-31-26(34)25(33)30-27-24(28(35)39-3)20-6-4-5-7-23(20)41-27/h8-14H,4-7,15H2,1-3H3,(H,30,33)(H,31,34). The normalized spacial score (nSPS) is 12.4. The van der Waals surface area contributed by atoms with Crippen LogP contribution >= 0.6 is 11.3 Å². The first-order valence-electron chi connectivity index (χ1n) is 12.6. The summed E-state index contributed by atoms with van der Waals surface area (Å²) in [4.78, 5) is 48.9. The zero-order valence-electron chi connectivity index (χ0n) is 22.6. The maximum Gasteiger partial charge on any atom is 0.341 e. The van der Waals surface area contributed by atoms with Gasteiger partial charge in [0, 0.05) is 22.1 Å². The summed E-state index contributed by atoms with van der Waals surface area (Å²) in [5, 5.41) is 17.7. The van der Waals surface area contributed by atoms with E-state index in [1.807, 2.05) is 0 Å². The summed E-state index contributed by atoms with van der Waals surface area (Å²) in [7, 11) is 2.78. The predicted molar refractivity (Wildman–Crippen MR) is 152 cm³/mol. The molecule has 2 aromatic carbocycles. The molecule has 2 amide bonds. The molecule has 0 fully saturated rings. The number of nitro benzene ring substituents is 1. The third kappa shape index (κ3) is 6.87. The van der Waals surface area contributed by atoms with Crippen molar-refractivity contribution in [2.45, 2.75) is 39.2 Å². The van der Waals surface area contributed by atoms with Gasteiger partial charge in [0.25, 0.3) is 5.69 Å². The number of rotatable bonds is 9. The Morgan fingerprint density at radius 2 is 1.88 bits per heavy atom. The molecule has 0 saturated heterocycles. The number of carbonyl (C=O) groups excluding carboxylic acids is 3. The minimum Gasteiger partial charge on any atom is -0.496 e. The summed E-state index contributed by atoms with van der Waals surface area (Å²) >= 11 is 1.28. The van der Waals surface area contributed by atoms with Crippen molar-refractivity contribution in [1.82, 2.24) is 5.43 Å². The first-order chi connectivity index (χ1) is 19.7. The van der Waals surface area contributed by atoms with Gasteiger partial charge < -0.3 is 19.5 Å². The molecule has 0 atom stereocenters. The molecular formula is C28H28N4O8S. The van der Waals surface area contributed by atoms with E-state index in [1.54, 1.807) is 31.2 Å². The van der Waals surface area contributed by atoms with Crippen LogP contribution in [0.2, 0.25) is 0 Å². The quantitative estimate of drug-likeness (QED) is 0.125. The number of methoxy groups -OCH3 is 2. The van der Waals surface area contributed by atoms with E-state index < -0.39 is 22.7 Å². The molecule has 41 heavy (non-hydrogen) atoms. The summed E-state index contributed by atoms with van der Waals surface area (Å²) in [6.45, 7) is 1.73. The van der Waals surface area contributed by atoms with Crippen LogP contribution in [0.3, 0.4) is 0 Å². The van der Waals surface area contributed by atoms with Gasteiger partial charge in [-0.2, -0.15) is 5.10 Å². The third-order valence-corrected chi connectivity index (χ3v) is 7.64. The van der Waals surface area contributed by atoms with Gasteiger partial charge in [0.15, 0.2) is 0 Å². The average Bonchev–Trinajstić information content (AvgIpc) is 3.33. The van der Waals surface area contributed by atoms with Crippen molar-refractivity contribution in [3.63, 3.8) is 0 Å². The van der Waals surface area contributed by atoms with Crippen LogP contribution in [-0.4, -0.2) is 43.1 Å². The molecule has 1 heterocycles. The number of hydrogen-bond acceptors (Lipinski definition) is 10. The Balaban J connectivity index is 1.39. The number of nitrogens with zero attached hydrogens (tertiary/aromatic N) is 2. The summed E-state index contributed by atoms with van der Waals surface area (Å²) in [6.07, 6.45) is 4.80. The number of benzene rings is 2. The van der Waals surface area contributed by atoms with Crippen LogP contribution in [0.5, 0.6) is 11.5 Å². The Bertz CT molecular complexity index is 1530. The van der Waals surface area contributed by atoms with E-state index in [-0.39, 0.29) is 17.3 Å². The summed E-state index contributed by atoms with van der Waals surface area (Å²) in [6, 6.07) is 9.60. The topological polar surface area (TPSA) is 158 Å². The molecule has 1 aromatic heterocycles. The van der Waals surface area contributed by atoms with Crippen molar-refractivity contribution in [3.8, 4) is 11.5 Å². The number of amides is 2. The van der Waals surface area contributed by atoms with Crippen LogP contribution in [0, 0.1) is 17.0 Å². The fourth-order valence-electron chi connectivity index (χ4n) is 4.42. The molecule has 13 heteroatoms. The molecule has 4 rings (SSSR count). The van der Waals surface area contributed by atoms with Crippen LogP contribution in [0.1, 0.15) is 50.3 Å². The van der Waals surface area contributed by atoms with E-state index >= 15 is 0 Å². The van der Waals surface area contributed by atoms with Gasteiger partial charge in [0.1, 0.15) is 23.1 Å². The number of aryl methyl sites for hydroxylation is 2. The number of nitro groups is 1. The second-order valence-electron chi connectivity index (χ2n) is 9.13. The van der Waals surface area contributed by atoms with Crippen molar-refractivity contribution >= 4 is 46.0 Å². The SMILES string of the molecule is COC(=O)c1c(NC(=O)C(=O)NN=Cc2ccc(OC)c(COc3ccc([N+](=O)[O-])c(C)c3)c2)sc2c1CCCC2. The Hall–Kier alpha value is -4.78. The zero-order valence-corrected chi connectivity index (χ0v) is 23.5. The van der Waals surface area contributed by atoms with Crippen LogP contribution in [0.25, 0.3) is 0 Å². The molecule has 0 bridgehead atoms. The van der Waals surface area contributed by atoms with Crippen molar-refractivity contribution < 1.29 is 33.5 Å². The smallest absolute Gasteiger partial charge is 0.341 e. The van der Waals surface area contributed by atoms with E-state index in [9.17, 15) is 24.5 Å². The number of ether oxygens (including phenoxy) is 3. The Labute approximate surface area is 239 Å². The van der Waals surface area contributed by atoms with E-state index in [0.717, 1.165) is 29.7 Å². The van der Waals surface area contributed by atoms with E-state index in [1.165, 1.54) is 43.9 Å². The number of hydrogen-bond donors (Lipinski definition) is 2. The molecule has 0 spiro atoms. The van der Waals surface area contributed by atoms with Gasteiger partial charge in [-0.3, -0.25) is 19.7 Å². The van der Waals surface area contributed by atoms with Crippen LogP contribution in [-0.2, 0) is 33.8 Å². The van der Waals surface area contributed by atoms with Crippen molar-refractivity contribution in [2.24, 2.45) is 5.10 Å². The van der Waals surface area contributed by atoms with Crippen LogP contribution in [0.15, 0.2) is 41.5 Å². The number of fused-ring (bicyclic) bond motifs is 1. The van der Waals surface area contributed by atoms with Gasteiger partial charge >= 0.3 is 17.8 Å². The number of nitrogens with one attached hydrogen (secondary N) is 2. The first kappa shape index (κ1) is 29.2. The molecule has 0 unspecified atom stereocenters. The van der Waals surface area contributed by atoms with Crippen LogP contribution in [0.4, 0.5) is 10.7 Å². The highest BCUT2D eigenvalue weighted by atomic mass is 32.1. The third-order valence-electron chi connectivity index (χ3n) is 6.44. The number of anilines is 1. The fourth-order valence-corrected chi connectivity index (χ4v) is 5.70. The lowest BCUT2D eigenvalue weighted by molar-refractivity contribution is -0.385. The summed E-state index contributed by atoms with van der Waals surface area (Å²) < 4.78 is 16.1. The summed E-state index contributed by atoms with van der Waals surface area (Å²) in [5.41, 5.74) is 5.08. The zero-order chi connectivity index (χ0) is 29.5. The Morgan fingerprint density at radius 1 is 1.10 bits per heavy atom. The van der Waals surface area contributed by atoms with Crippen molar-refractivity contribution in [3.05, 3.63) is 79.2 Å². The molecule has 0 saturated carbocycles.